The maximum absolute atomic E-state index is 11.0. The summed E-state index contributed by atoms with van der Waals surface area (Å²) in [6.07, 6.45) is 0. The maximum Gasteiger partial charge on any atom is 0.278 e. The molecular formula is C11H14ClNO2S. The average molecular weight is 260 g/mol. The molecule has 0 fully saturated rings. The number of methoxy groups -OCH3 is 1. The van der Waals surface area contributed by atoms with Crippen molar-refractivity contribution in [2.24, 2.45) is 0 Å². The monoisotopic (exact) mass is 259 g/mol. The van der Waals surface area contributed by atoms with Crippen LogP contribution in [0.1, 0.15) is 11.1 Å². The summed E-state index contributed by atoms with van der Waals surface area (Å²) in [4.78, 5) is 12.5. The number of hydrogen-bond donors (Lipinski definition) is 1. The average Bonchev–Trinajstić information content (AvgIpc) is 2.22. The van der Waals surface area contributed by atoms with E-state index < -0.39 is 0 Å². The van der Waals surface area contributed by atoms with Gasteiger partial charge in [-0.15, -0.1) is 0 Å². The van der Waals surface area contributed by atoms with Gasteiger partial charge in [0.15, 0.2) is 0 Å². The summed E-state index contributed by atoms with van der Waals surface area (Å²) in [6.45, 7) is 2.43. The van der Waals surface area contributed by atoms with Gasteiger partial charge in [-0.05, 0) is 30.2 Å². The lowest BCUT2D eigenvalue weighted by molar-refractivity contribution is 0.232. The number of benzene rings is 1. The van der Waals surface area contributed by atoms with Crippen molar-refractivity contribution in [3.8, 4) is 5.75 Å². The van der Waals surface area contributed by atoms with E-state index in [0.717, 1.165) is 11.1 Å². The molecule has 1 rings (SSSR count). The van der Waals surface area contributed by atoms with Crippen LogP contribution in [0.5, 0.6) is 5.75 Å². The minimum Gasteiger partial charge on any atom is -0.495 e. The van der Waals surface area contributed by atoms with Gasteiger partial charge in [-0.2, -0.15) is 0 Å². The Morgan fingerprint density at radius 3 is 2.69 bits per heavy atom. The molecule has 0 unspecified atom stereocenters. The normalized spacial score (nSPS) is 10.1. The fourth-order valence-electron chi connectivity index (χ4n) is 1.35. The molecule has 1 aromatic rings. The van der Waals surface area contributed by atoms with Crippen LogP contribution in [0.25, 0.3) is 0 Å². The number of carbonyl (C=O) groups excluding carboxylic acids is 1. The van der Waals surface area contributed by atoms with Crippen molar-refractivity contribution in [2.75, 3.05) is 14.2 Å². The summed E-state index contributed by atoms with van der Waals surface area (Å²) in [5.41, 5.74) is 2.01. The minimum absolute atomic E-state index is 0.272. The lowest BCUT2D eigenvalue weighted by Gasteiger charge is -2.16. The van der Waals surface area contributed by atoms with Crippen molar-refractivity contribution in [3.63, 3.8) is 0 Å². The maximum atomic E-state index is 11.0. The van der Waals surface area contributed by atoms with Crippen molar-refractivity contribution in [3.05, 3.63) is 28.3 Å². The van der Waals surface area contributed by atoms with Crippen molar-refractivity contribution in [2.45, 2.75) is 13.5 Å². The molecule has 0 saturated heterocycles. The van der Waals surface area contributed by atoms with Crippen molar-refractivity contribution in [1.29, 1.82) is 0 Å². The van der Waals surface area contributed by atoms with Crippen LogP contribution in [-0.2, 0) is 6.54 Å². The van der Waals surface area contributed by atoms with Crippen LogP contribution >= 0.6 is 24.2 Å². The van der Waals surface area contributed by atoms with Gasteiger partial charge in [-0.3, -0.25) is 4.79 Å². The predicted molar refractivity (Wildman–Crippen MR) is 68.6 cm³/mol. The number of hydrogen-bond acceptors (Lipinski definition) is 2. The Morgan fingerprint density at radius 1 is 1.56 bits per heavy atom. The number of ether oxygens (including phenoxy) is 1. The Hall–Kier alpha value is -0.870. The molecule has 0 aliphatic heterocycles. The summed E-state index contributed by atoms with van der Waals surface area (Å²) in [7, 11) is 3.26. The largest absolute Gasteiger partial charge is 0.495 e. The summed E-state index contributed by atoms with van der Waals surface area (Å²) < 4.78 is 5.11. The minimum atomic E-state index is -0.272. The number of carbonyl (C=O) groups is 1. The molecule has 0 saturated carbocycles. The Bertz CT molecular complexity index is 409. The molecule has 0 aliphatic rings. The molecule has 1 amide bonds. The first-order valence-corrected chi connectivity index (χ1v) is 5.55. The highest BCUT2D eigenvalue weighted by Gasteiger charge is 2.10. The Balaban J connectivity index is 2.98. The molecule has 0 heterocycles. The van der Waals surface area contributed by atoms with Crippen LogP contribution in [0.4, 0.5) is 4.79 Å². The molecule has 0 bridgehead atoms. The third kappa shape index (κ3) is 3.06. The Kier molecular flexibility index (Phi) is 4.50. The highest BCUT2D eigenvalue weighted by molar-refractivity contribution is 7.96. The number of halogens is 1. The second-order valence-corrected chi connectivity index (χ2v) is 4.34. The number of nitrogens with zero attached hydrogens (tertiary/aromatic N) is 1. The van der Waals surface area contributed by atoms with E-state index in [-0.39, 0.29) is 5.24 Å². The van der Waals surface area contributed by atoms with E-state index in [1.54, 1.807) is 14.2 Å². The van der Waals surface area contributed by atoms with E-state index in [1.165, 1.54) is 4.90 Å². The standard InChI is InChI=1S/C11H14ClNO2S/c1-7-4-10(15-3)9(12)5-8(7)6-13(2)11(14)16/h4-5H,6H2,1-3H3,(H,14,16). The first-order valence-electron chi connectivity index (χ1n) is 4.72. The quantitative estimate of drug-likeness (QED) is 0.845. The van der Waals surface area contributed by atoms with Gasteiger partial charge in [-0.1, -0.05) is 24.2 Å². The summed E-state index contributed by atoms with van der Waals surface area (Å²) >= 11 is 9.77. The fraction of sp³-hybridized carbons (Fsp3) is 0.364. The van der Waals surface area contributed by atoms with Gasteiger partial charge >= 0.3 is 0 Å². The van der Waals surface area contributed by atoms with Gasteiger partial charge in [0.1, 0.15) is 5.75 Å². The Labute approximate surface area is 106 Å². The van der Waals surface area contributed by atoms with Crippen molar-refractivity contribution < 1.29 is 9.53 Å². The van der Waals surface area contributed by atoms with Gasteiger partial charge in [0.2, 0.25) is 0 Å². The second-order valence-electron chi connectivity index (χ2n) is 3.55. The lowest BCUT2D eigenvalue weighted by atomic mass is 10.1. The van der Waals surface area contributed by atoms with Gasteiger partial charge in [-0.25, -0.2) is 0 Å². The molecule has 1 aromatic carbocycles. The summed E-state index contributed by atoms with van der Waals surface area (Å²) in [6, 6.07) is 3.66. The highest BCUT2D eigenvalue weighted by atomic mass is 35.5. The zero-order chi connectivity index (χ0) is 12.3. The first-order chi connectivity index (χ1) is 7.45. The molecule has 0 atom stereocenters. The zero-order valence-electron chi connectivity index (χ0n) is 9.45. The van der Waals surface area contributed by atoms with E-state index in [1.807, 2.05) is 19.1 Å². The second kappa shape index (κ2) is 5.46. The number of rotatable bonds is 3. The van der Waals surface area contributed by atoms with Crippen molar-refractivity contribution >= 4 is 29.5 Å². The van der Waals surface area contributed by atoms with Gasteiger partial charge < -0.3 is 9.64 Å². The molecule has 0 N–H and O–H groups in total. The number of amides is 1. The van der Waals surface area contributed by atoms with Gasteiger partial charge in [0.05, 0.1) is 12.1 Å². The molecule has 0 aliphatic carbocycles. The summed E-state index contributed by atoms with van der Waals surface area (Å²) in [5, 5.41) is 0.273. The molecule has 0 spiro atoms. The molecular weight excluding hydrogens is 246 g/mol. The molecule has 3 nitrogen and oxygen atoms in total. The molecule has 5 heteroatoms. The number of aryl methyl sites for hydroxylation is 1. The fourth-order valence-corrected chi connectivity index (χ4v) is 1.68. The Morgan fingerprint density at radius 2 is 2.19 bits per heavy atom. The van der Waals surface area contributed by atoms with E-state index in [0.29, 0.717) is 17.3 Å². The van der Waals surface area contributed by atoms with Crippen LogP contribution in [-0.4, -0.2) is 24.3 Å². The van der Waals surface area contributed by atoms with Crippen LogP contribution in [0.2, 0.25) is 5.02 Å². The van der Waals surface area contributed by atoms with Crippen LogP contribution in [0, 0.1) is 6.92 Å². The summed E-state index contributed by atoms with van der Waals surface area (Å²) in [5.74, 6) is 0.641. The molecule has 88 valence electrons. The van der Waals surface area contributed by atoms with E-state index in [2.05, 4.69) is 12.6 Å². The topological polar surface area (TPSA) is 29.5 Å². The molecule has 16 heavy (non-hydrogen) atoms. The SMILES string of the molecule is COc1cc(C)c(CN(C)C(=O)S)cc1Cl. The van der Waals surface area contributed by atoms with E-state index in [4.69, 9.17) is 16.3 Å². The smallest absolute Gasteiger partial charge is 0.278 e. The predicted octanol–water partition coefficient (Wildman–Crippen LogP) is 3.14. The van der Waals surface area contributed by atoms with Crippen LogP contribution in [0.3, 0.4) is 0 Å². The first kappa shape index (κ1) is 13.2. The zero-order valence-corrected chi connectivity index (χ0v) is 11.1. The van der Waals surface area contributed by atoms with Crippen LogP contribution < -0.4 is 4.74 Å². The van der Waals surface area contributed by atoms with E-state index >= 15 is 0 Å². The van der Waals surface area contributed by atoms with Crippen LogP contribution in [0.15, 0.2) is 12.1 Å². The third-order valence-corrected chi connectivity index (χ3v) is 2.98. The third-order valence-electron chi connectivity index (χ3n) is 2.34. The van der Waals surface area contributed by atoms with E-state index in [9.17, 15) is 4.79 Å². The lowest BCUT2D eigenvalue weighted by Crippen LogP contribution is -2.20. The molecule has 0 radical (unpaired) electrons. The van der Waals surface area contributed by atoms with Gasteiger partial charge in [0.25, 0.3) is 5.24 Å². The molecule has 0 aromatic heterocycles. The van der Waals surface area contributed by atoms with Gasteiger partial charge in [0, 0.05) is 13.6 Å². The highest BCUT2D eigenvalue weighted by Crippen LogP contribution is 2.28. The number of thiol groups is 1. The van der Waals surface area contributed by atoms with Crippen molar-refractivity contribution in [1.82, 2.24) is 4.90 Å².